The Bertz CT molecular complexity index is 892. The molecule has 0 fully saturated rings. The van der Waals surface area contributed by atoms with E-state index in [1.807, 2.05) is 0 Å². The van der Waals surface area contributed by atoms with Crippen molar-refractivity contribution in [2.45, 2.75) is 174 Å². The molecule has 1 N–H and O–H groups in total. The molecule has 0 aromatic heterocycles. The van der Waals surface area contributed by atoms with Gasteiger partial charge >= 0.3 is 5.97 Å². The summed E-state index contributed by atoms with van der Waals surface area (Å²) in [6.45, 7) is 5.15. The van der Waals surface area contributed by atoms with Crippen LogP contribution in [0, 0.1) is 0 Å². The summed E-state index contributed by atoms with van der Waals surface area (Å²) >= 11 is 0. The van der Waals surface area contributed by atoms with Gasteiger partial charge in [-0.2, -0.15) is 0 Å². The molecule has 0 rings (SSSR count). The van der Waals surface area contributed by atoms with Gasteiger partial charge in [-0.1, -0.05) is 157 Å². The van der Waals surface area contributed by atoms with Crippen molar-refractivity contribution in [1.82, 2.24) is 0 Å². The van der Waals surface area contributed by atoms with Crippen LogP contribution < -0.4 is 0 Å². The van der Waals surface area contributed by atoms with Gasteiger partial charge in [0.25, 0.3) is 0 Å². The number of carbonyl (C=O) groups is 1. The van der Waals surface area contributed by atoms with E-state index in [1.165, 1.54) is 70.6 Å². The predicted molar refractivity (Wildman–Crippen MR) is 214 cm³/mol. The Hall–Kier alpha value is -2.43. The molecular weight excluding hydrogens is 604 g/mol. The minimum Gasteiger partial charge on any atom is -0.457 e. The summed E-state index contributed by atoms with van der Waals surface area (Å²) in [4.78, 5) is 12.1. The number of aliphatic hydroxyl groups is 1. The average molecular weight is 681 g/mol. The van der Waals surface area contributed by atoms with E-state index in [0.29, 0.717) is 13.0 Å². The van der Waals surface area contributed by atoms with Crippen LogP contribution in [0.4, 0.5) is 0 Å². The first-order valence-corrected chi connectivity index (χ1v) is 20.2. The molecule has 0 spiro atoms. The van der Waals surface area contributed by atoms with Crippen LogP contribution in [0.3, 0.4) is 0 Å². The largest absolute Gasteiger partial charge is 0.457 e. The van der Waals surface area contributed by atoms with Crippen molar-refractivity contribution >= 4 is 5.97 Å². The van der Waals surface area contributed by atoms with E-state index in [-0.39, 0.29) is 19.2 Å². The molecule has 0 aromatic carbocycles. The summed E-state index contributed by atoms with van der Waals surface area (Å²) in [5.74, 6) is -0.222. The lowest BCUT2D eigenvalue weighted by molar-refractivity contribution is -0.154. The van der Waals surface area contributed by atoms with Crippen molar-refractivity contribution in [2.75, 3.05) is 19.8 Å². The third kappa shape index (κ3) is 39.9. The quantitative estimate of drug-likeness (QED) is 0.0406. The highest BCUT2D eigenvalue weighted by atomic mass is 16.6. The van der Waals surface area contributed by atoms with E-state index in [2.05, 4.69) is 98.9 Å². The molecule has 0 aliphatic carbocycles. The topological polar surface area (TPSA) is 55.8 Å². The molecule has 4 nitrogen and oxygen atoms in total. The van der Waals surface area contributed by atoms with Crippen LogP contribution >= 0.6 is 0 Å². The summed E-state index contributed by atoms with van der Waals surface area (Å²) in [6.07, 6.45) is 57.7. The Labute approximate surface area is 303 Å². The highest BCUT2D eigenvalue weighted by Crippen LogP contribution is 2.11. The summed E-state index contributed by atoms with van der Waals surface area (Å²) in [6, 6.07) is 0. The number of aliphatic hydroxyl groups excluding tert-OH is 1. The van der Waals surface area contributed by atoms with Crippen LogP contribution in [0.15, 0.2) is 85.1 Å². The Balaban J connectivity index is 3.55. The SMILES string of the molecule is CC/C=C\C/C=C\C/C=C\C/C=C\C/C=C\C/C=C\CCCCCCCOCC(CO)OC(=O)CCCCCCC/C=C\CCCCCC. The van der Waals surface area contributed by atoms with E-state index >= 15 is 0 Å². The molecule has 0 amide bonds. The van der Waals surface area contributed by atoms with E-state index in [0.717, 1.165) is 77.0 Å². The molecule has 0 bridgehead atoms. The Morgan fingerprint density at radius 3 is 1.41 bits per heavy atom. The molecule has 280 valence electrons. The van der Waals surface area contributed by atoms with Gasteiger partial charge in [0, 0.05) is 13.0 Å². The Kier molecular flexibility index (Phi) is 39.7. The molecule has 1 atom stereocenters. The number of hydrogen-bond donors (Lipinski definition) is 1. The minimum atomic E-state index is -0.553. The maximum Gasteiger partial charge on any atom is 0.306 e. The van der Waals surface area contributed by atoms with Gasteiger partial charge in [0.2, 0.25) is 0 Å². The van der Waals surface area contributed by atoms with E-state index in [9.17, 15) is 9.90 Å². The molecule has 0 aliphatic heterocycles. The van der Waals surface area contributed by atoms with Gasteiger partial charge in [0.1, 0.15) is 6.10 Å². The van der Waals surface area contributed by atoms with Gasteiger partial charge in [-0.05, 0) is 89.9 Å². The number of unbranched alkanes of at least 4 members (excludes halogenated alkanes) is 14. The Morgan fingerprint density at radius 1 is 0.510 bits per heavy atom. The second kappa shape index (κ2) is 41.7. The lowest BCUT2D eigenvalue weighted by Crippen LogP contribution is -2.27. The molecule has 0 aromatic rings. The zero-order chi connectivity index (χ0) is 35.6. The smallest absolute Gasteiger partial charge is 0.306 e. The number of carbonyl (C=O) groups excluding carboxylic acids is 1. The number of allylic oxidation sites excluding steroid dienone is 14. The summed E-state index contributed by atoms with van der Waals surface area (Å²) < 4.78 is 11.1. The van der Waals surface area contributed by atoms with Gasteiger partial charge in [-0.15, -0.1) is 0 Å². The molecule has 0 aliphatic rings. The lowest BCUT2D eigenvalue weighted by Gasteiger charge is -2.15. The van der Waals surface area contributed by atoms with Crippen molar-refractivity contribution in [2.24, 2.45) is 0 Å². The van der Waals surface area contributed by atoms with Crippen molar-refractivity contribution in [3.05, 3.63) is 85.1 Å². The van der Waals surface area contributed by atoms with Crippen LogP contribution in [-0.2, 0) is 14.3 Å². The van der Waals surface area contributed by atoms with Gasteiger partial charge in [0.15, 0.2) is 0 Å². The van der Waals surface area contributed by atoms with Crippen LogP contribution in [0.2, 0.25) is 0 Å². The first kappa shape index (κ1) is 46.6. The Morgan fingerprint density at radius 2 is 0.918 bits per heavy atom. The molecule has 0 saturated heterocycles. The van der Waals surface area contributed by atoms with Gasteiger partial charge in [0.05, 0.1) is 13.2 Å². The van der Waals surface area contributed by atoms with Crippen molar-refractivity contribution < 1.29 is 19.4 Å². The van der Waals surface area contributed by atoms with Crippen molar-refractivity contribution in [3.63, 3.8) is 0 Å². The van der Waals surface area contributed by atoms with Crippen LogP contribution in [0.25, 0.3) is 0 Å². The molecular formula is C45H76O4. The molecule has 49 heavy (non-hydrogen) atoms. The van der Waals surface area contributed by atoms with Gasteiger partial charge in [-0.25, -0.2) is 0 Å². The zero-order valence-corrected chi connectivity index (χ0v) is 31.9. The maximum absolute atomic E-state index is 12.1. The number of hydrogen-bond acceptors (Lipinski definition) is 4. The molecule has 0 saturated carbocycles. The fourth-order valence-corrected chi connectivity index (χ4v) is 5.21. The molecule has 1 unspecified atom stereocenters. The normalized spacial score (nSPS) is 13.3. The first-order chi connectivity index (χ1) is 24.2. The summed E-state index contributed by atoms with van der Waals surface area (Å²) in [7, 11) is 0. The molecule has 4 heteroatoms. The lowest BCUT2D eigenvalue weighted by atomic mass is 10.1. The molecule has 0 radical (unpaired) electrons. The predicted octanol–water partition coefficient (Wildman–Crippen LogP) is 13.2. The number of esters is 1. The third-order valence-electron chi connectivity index (χ3n) is 8.20. The zero-order valence-electron chi connectivity index (χ0n) is 31.9. The summed E-state index contributed by atoms with van der Waals surface area (Å²) in [5, 5.41) is 9.57. The monoisotopic (exact) mass is 681 g/mol. The van der Waals surface area contributed by atoms with Crippen LogP contribution in [-0.4, -0.2) is 37.0 Å². The fourth-order valence-electron chi connectivity index (χ4n) is 5.21. The minimum absolute atomic E-state index is 0.188. The highest BCUT2D eigenvalue weighted by molar-refractivity contribution is 5.69. The van der Waals surface area contributed by atoms with Crippen molar-refractivity contribution in [1.29, 1.82) is 0 Å². The first-order valence-electron chi connectivity index (χ1n) is 20.2. The summed E-state index contributed by atoms with van der Waals surface area (Å²) in [5.41, 5.74) is 0. The standard InChI is InChI=1S/C45H76O4/c1-3-5-7-9-11-13-15-17-18-19-20-21-22-23-24-25-26-27-29-31-33-35-37-39-41-48-43-44(42-46)49-45(47)40-38-36-34-32-30-28-16-14-12-10-8-6-4-2/h5,7,11,13-14,16-18,20-21,23-24,26-27,44,46H,3-4,6,8-10,12,15,19,22,25,28-43H2,1-2H3/b7-5-,13-11-,16-14-,18-17-,21-20-,24-23-,27-26-. The third-order valence-corrected chi connectivity index (χ3v) is 8.20. The van der Waals surface area contributed by atoms with Gasteiger partial charge in [-0.3, -0.25) is 4.79 Å². The van der Waals surface area contributed by atoms with Crippen LogP contribution in [0.1, 0.15) is 168 Å². The average Bonchev–Trinajstić information content (AvgIpc) is 3.11. The maximum atomic E-state index is 12.1. The van der Waals surface area contributed by atoms with E-state index in [4.69, 9.17) is 9.47 Å². The molecule has 0 heterocycles. The van der Waals surface area contributed by atoms with E-state index in [1.54, 1.807) is 0 Å². The van der Waals surface area contributed by atoms with Crippen LogP contribution in [0.5, 0.6) is 0 Å². The van der Waals surface area contributed by atoms with Crippen molar-refractivity contribution in [3.8, 4) is 0 Å². The second-order valence-corrected chi connectivity index (χ2v) is 13.0. The fraction of sp³-hybridized carbons (Fsp3) is 0.667. The second-order valence-electron chi connectivity index (χ2n) is 13.0. The number of rotatable bonds is 36. The highest BCUT2D eigenvalue weighted by Gasteiger charge is 2.13. The van der Waals surface area contributed by atoms with Gasteiger partial charge < -0.3 is 14.6 Å². The van der Waals surface area contributed by atoms with E-state index < -0.39 is 6.10 Å². The number of ether oxygens (including phenoxy) is 2.